The molecule has 0 saturated heterocycles. The van der Waals surface area contributed by atoms with Gasteiger partial charge in [0.25, 0.3) is 16.7 Å². The average molecular weight is 1020 g/mol. The molecule has 0 saturated carbocycles. The normalized spacial score (nSPS) is 17.0. The van der Waals surface area contributed by atoms with Gasteiger partial charge in [-0.05, 0) is 83.4 Å². The minimum atomic E-state index is -0.550. The molecule has 19 nitrogen and oxygen atoms in total. The van der Waals surface area contributed by atoms with Crippen LogP contribution in [0.4, 0.5) is 0 Å². The third kappa shape index (κ3) is 8.83. The lowest BCUT2D eigenvalue weighted by Gasteiger charge is -2.25. The maximum absolute atomic E-state index is 12.7. The Hall–Kier alpha value is -8.52. The van der Waals surface area contributed by atoms with Gasteiger partial charge in [-0.2, -0.15) is 0 Å². The van der Waals surface area contributed by atoms with Crippen molar-refractivity contribution < 1.29 is 18.8 Å². The maximum atomic E-state index is 12.7. The van der Waals surface area contributed by atoms with Crippen molar-refractivity contribution in [1.29, 1.82) is 0 Å². The van der Waals surface area contributed by atoms with Crippen molar-refractivity contribution in [3.8, 4) is 0 Å². The van der Waals surface area contributed by atoms with Gasteiger partial charge < -0.3 is 4.42 Å². The predicted molar refractivity (Wildman–Crippen MR) is 277 cm³/mol. The number of carbonyl (C=O) groups excluding carboxylic acids is 3. The number of Topliss-reactive ketones (excluding diaryl/α,β-unsaturated/α-hetero) is 3. The van der Waals surface area contributed by atoms with E-state index in [0.29, 0.717) is 112 Å². The number of H-pyrrole nitrogens is 2. The first-order valence-electron chi connectivity index (χ1n) is 24.2. The summed E-state index contributed by atoms with van der Waals surface area (Å²) in [4.78, 5) is 130. The van der Waals surface area contributed by atoms with E-state index in [-0.39, 0.29) is 47.3 Å². The van der Waals surface area contributed by atoms with E-state index in [4.69, 9.17) is 4.42 Å². The van der Waals surface area contributed by atoms with Crippen molar-refractivity contribution in [2.24, 2.45) is 20.0 Å². The molecule has 3 aliphatic carbocycles. The molecule has 3 atom stereocenters. The molecule has 9 aromatic rings. The zero-order valence-corrected chi connectivity index (χ0v) is 41.6. The molecule has 0 fully saturated rings. The summed E-state index contributed by atoms with van der Waals surface area (Å²) >= 11 is 1.62. The highest BCUT2D eigenvalue weighted by atomic mass is 32.1. The van der Waals surface area contributed by atoms with Gasteiger partial charge in [0.15, 0.2) is 17.3 Å². The molecular formula is C54H49N9O10S. The Morgan fingerprint density at radius 2 is 1.18 bits per heavy atom. The van der Waals surface area contributed by atoms with Crippen LogP contribution in [0.3, 0.4) is 0 Å². The lowest BCUT2D eigenvalue weighted by molar-refractivity contribution is 0.0947. The Balaban J connectivity index is 0.000000127. The second-order valence-corrected chi connectivity index (χ2v) is 20.0. The minimum absolute atomic E-state index is 0.00157. The van der Waals surface area contributed by atoms with Crippen LogP contribution in [0.15, 0.2) is 118 Å². The van der Waals surface area contributed by atoms with Gasteiger partial charge in [0.05, 0.1) is 29.0 Å². The van der Waals surface area contributed by atoms with E-state index in [0.717, 1.165) is 21.4 Å². The second-order valence-electron chi connectivity index (χ2n) is 19.0. The van der Waals surface area contributed by atoms with Crippen molar-refractivity contribution in [1.82, 2.24) is 43.2 Å². The number of ketones is 3. The molecule has 3 aliphatic rings. The van der Waals surface area contributed by atoms with E-state index in [9.17, 15) is 43.2 Å². The molecule has 3 unspecified atom stereocenters. The number of pyridine rings is 3. The zero-order valence-electron chi connectivity index (χ0n) is 40.8. The quantitative estimate of drug-likeness (QED) is 0.209. The predicted octanol–water partition coefficient (Wildman–Crippen LogP) is 5.51. The Bertz CT molecular complexity index is 4110. The largest absolute Gasteiger partial charge is 0.467 e. The van der Waals surface area contributed by atoms with Crippen LogP contribution in [0.5, 0.6) is 0 Å². The molecule has 376 valence electrons. The van der Waals surface area contributed by atoms with Crippen molar-refractivity contribution in [2.75, 3.05) is 0 Å². The highest BCUT2D eigenvalue weighted by Crippen LogP contribution is 2.37. The van der Waals surface area contributed by atoms with Crippen molar-refractivity contribution in [3.63, 3.8) is 0 Å². The summed E-state index contributed by atoms with van der Waals surface area (Å²) in [5.41, 5.74) is 2.84. The third-order valence-corrected chi connectivity index (χ3v) is 15.2. The van der Waals surface area contributed by atoms with Gasteiger partial charge in [0.2, 0.25) is 0 Å². The van der Waals surface area contributed by atoms with Gasteiger partial charge in [-0.3, -0.25) is 57.0 Å². The van der Waals surface area contributed by atoms with Gasteiger partial charge in [-0.25, -0.2) is 29.3 Å². The number of nitrogens with one attached hydrogen (secondary N) is 2. The lowest BCUT2D eigenvalue weighted by Crippen LogP contribution is -2.38. The Morgan fingerprint density at radius 1 is 0.608 bits per heavy atom. The third-order valence-electron chi connectivity index (χ3n) is 14.1. The standard InChI is InChI=1S/C19H17N3O3.C18H17N3O3S.C17H15N3O4/c1-21-17-16(18(24)22(2)19(21)25)13-8-12(11-6-4-3-5-7-11)9-15(23)14(13)10-20-17;1-2-5-21-16-15(17(23)20-18(21)24)11-7-10(14-4-3-6-25-14)8-13(22)12(11)9-19-16;1-9-5-11-12(13(21)6-9)7-18-15-14(11)16(22)19-17(23)20(15)8-10-3-2-4-24-10/h3-7,10,12H,8-9H2,1-2H3;3-4,6,9-10H,2,5,7-8H2,1H3,(H,20,23,24);2-4,7,9H,5-6,8H2,1H3,(H,19,22,23). The SMILES string of the molecule is CC1CC(=O)c2cnc3c(c2C1)c(=O)[nH]c(=O)n3Cc1ccco1.CCCn1c(=O)[nH]c(=O)c2c3c(cnc21)C(=O)CC(c1cccs1)C3.Cn1c(=O)c2c3c(cnc2n(C)c1=O)C(=O)CC(c1ccccc1)C3. The molecule has 0 aliphatic heterocycles. The number of carbonyl (C=O) groups is 3. The van der Waals surface area contributed by atoms with Crippen LogP contribution in [-0.2, 0) is 46.4 Å². The Labute approximate surface area is 422 Å². The monoisotopic (exact) mass is 1020 g/mol. The molecule has 0 spiro atoms. The molecule has 0 bridgehead atoms. The first-order valence-corrected chi connectivity index (χ1v) is 25.1. The number of furan rings is 1. The van der Waals surface area contributed by atoms with Crippen molar-refractivity contribution in [3.05, 3.63) is 197 Å². The first-order chi connectivity index (χ1) is 35.6. The summed E-state index contributed by atoms with van der Waals surface area (Å²) in [5.74, 6) is 0.795. The second kappa shape index (κ2) is 19.8. The van der Waals surface area contributed by atoms with Crippen LogP contribution in [0.1, 0.15) is 115 Å². The van der Waals surface area contributed by atoms with Gasteiger partial charge in [0, 0.05) is 86.0 Å². The lowest BCUT2D eigenvalue weighted by atomic mass is 9.79. The van der Waals surface area contributed by atoms with E-state index in [1.165, 1.54) is 45.6 Å². The summed E-state index contributed by atoms with van der Waals surface area (Å²) in [5, 5.41) is 3.06. The molecule has 0 amide bonds. The minimum Gasteiger partial charge on any atom is -0.467 e. The molecule has 74 heavy (non-hydrogen) atoms. The fraction of sp³-hybridized carbons (Fsp3) is 0.296. The topological polar surface area (TPSA) is 257 Å². The van der Waals surface area contributed by atoms with Gasteiger partial charge in [0.1, 0.15) is 22.7 Å². The van der Waals surface area contributed by atoms with Crippen molar-refractivity contribution >= 4 is 61.8 Å². The number of thiophene rings is 1. The molecule has 1 aromatic carbocycles. The fourth-order valence-corrected chi connectivity index (χ4v) is 11.4. The van der Waals surface area contributed by atoms with Gasteiger partial charge in [-0.1, -0.05) is 50.2 Å². The number of hydrogen-bond donors (Lipinski definition) is 2. The summed E-state index contributed by atoms with van der Waals surface area (Å²) in [6, 6.07) is 17.3. The average Bonchev–Trinajstić information content (AvgIpc) is 4.13. The number of aryl methyl sites for hydroxylation is 2. The fourth-order valence-electron chi connectivity index (χ4n) is 10.5. The number of aromatic nitrogens is 9. The number of benzene rings is 1. The number of fused-ring (bicyclic) bond motifs is 9. The van der Waals surface area contributed by atoms with E-state index in [1.54, 1.807) is 30.5 Å². The number of hydrogen-bond acceptors (Lipinski definition) is 14. The molecule has 12 rings (SSSR count). The molecular weight excluding hydrogens is 967 g/mol. The van der Waals surface area contributed by atoms with Crippen LogP contribution in [0, 0.1) is 5.92 Å². The first kappa shape index (κ1) is 49.1. The summed E-state index contributed by atoms with van der Waals surface area (Å²) in [6.45, 7) is 4.56. The molecule has 20 heteroatoms. The van der Waals surface area contributed by atoms with Crippen LogP contribution in [-0.4, -0.2) is 60.5 Å². The van der Waals surface area contributed by atoms with Crippen LogP contribution in [0.2, 0.25) is 0 Å². The summed E-state index contributed by atoms with van der Waals surface area (Å²) in [7, 11) is 3.03. The van der Waals surface area contributed by atoms with Crippen LogP contribution >= 0.6 is 11.3 Å². The van der Waals surface area contributed by atoms with E-state index in [1.807, 2.05) is 61.7 Å². The summed E-state index contributed by atoms with van der Waals surface area (Å²) < 4.78 is 10.6. The van der Waals surface area contributed by atoms with Crippen LogP contribution in [0.25, 0.3) is 33.1 Å². The highest BCUT2D eigenvalue weighted by Gasteiger charge is 2.32. The maximum Gasteiger partial charge on any atom is 0.332 e. The Morgan fingerprint density at radius 3 is 1.78 bits per heavy atom. The van der Waals surface area contributed by atoms with E-state index >= 15 is 0 Å². The van der Waals surface area contributed by atoms with Gasteiger partial charge >= 0.3 is 17.1 Å². The molecule has 8 heterocycles. The number of rotatable bonds is 6. The number of aromatic amines is 2. The smallest absolute Gasteiger partial charge is 0.332 e. The molecule has 8 aromatic heterocycles. The highest BCUT2D eigenvalue weighted by molar-refractivity contribution is 7.10. The van der Waals surface area contributed by atoms with E-state index in [2.05, 4.69) is 24.9 Å². The van der Waals surface area contributed by atoms with E-state index < -0.39 is 33.7 Å². The summed E-state index contributed by atoms with van der Waals surface area (Å²) in [6.07, 6.45) is 9.83. The molecule has 2 N–H and O–H groups in total. The van der Waals surface area contributed by atoms with Crippen molar-refractivity contribution in [2.45, 2.75) is 83.7 Å². The van der Waals surface area contributed by atoms with Gasteiger partial charge in [-0.15, -0.1) is 11.3 Å². The zero-order chi connectivity index (χ0) is 52.1. The van der Waals surface area contributed by atoms with Crippen LogP contribution < -0.4 is 33.7 Å². The number of nitrogens with zero attached hydrogens (tertiary/aromatic N) is 7. The molecule has 0 radical (unpaired) electrons. The Kier molecular flexibility index (Phi) is 13.1.